The number of ether oxygens (including phenoxy) is 4. The molecule has 2 aromatic carbocycles. The lowest BCUT2D eigenvalue weighted by Crippen LogP contribution is -2.65. The molecule has 0 saturated carbocycles. The molecule has 0 radical (unpaired) electrons. The predicted octanol–water partition coefficient (Wildman–Crippen LogP) is 1.89. The summed E-state index contributed by atoms with van der Waals surface area (Å²) in [5.74, 6) is -1.11. The van der Waals surface area contributed by atoms with Gasteiger partial charge in [-0.2, -0.15) is 0 Å². The summed E-state index contributed by atoms with van der Waals surface area (Å²) in [4.78, 5) is 12.5. The van der Waals surface area contributed by atoms with E-state index in [9.17, 15) is 25.2 Å². The first-order chi connectivity index (χ1) is 15.6. The quantitative estimate of drug-likeness (QED) is 0.477. The smallest absolute Gasteiger partial charge is 0.229 e. The lowest BCUT2D eigenvalue weighted by molar-refractivity contribution is -0.373. The van der Waals surface area contributed by atoms with Crippen LogP contribution in [0.4, 0.5) is 0 Å². The largest absolute Gasteiger partial charge is 0.508 e. The number of aliphatic hydroxyl groups is 2. The van der Waals surface area contributed by atoms with E-state index in [1.807, 2.05) is 0 Å². The number of carbonyl (C=O) groups excluding carboxylic acids is 1. The highest BCUT2D eigenvalue weighted by Crippen LogP contribution is 2.34. The number of ketones is 1. The van der Waals surface area contributed by atoms with Crippen molar-refractivity contribution < 1.29 is 44.2 Å². The Balaban J connectivity index is 1.38. The maximum absolute atomic E-state index is 12.5. The molecule has 2 fully saturated rings. The Labute approximate surface area is 191 Å². The second-order valence-corrected chi connectivity index (χ2v) is 8.70. The third-order valence-electron chi connectivity index (χ3n) is 5.75. The standard InChI is InChI=1S/C24H28O9/c1-24(2)30-12-19-22(33-24)20(28)21(29)23(32-19)31-15-8-9-16(18(27)11-15)17(26)10-5-13-3-6-14(25)7-4-13/h3-4,6-9,11,19-23,25,27-29H,5,10,12H2,1-2H3/t19-,20-,21-,22-,23-/m1/s1. The van der Waals surface area contributed by atoms with Crippen molar-refractivity contribution in [3.63, 3.8) is 0 Å². The number of rotatable bonds is 6. The van der Waals surface area contributed by atoms with Crippen molar-refractivity contribution in [3.05, 3.63) is 53.6 Å². The van der Waals surface area contributed by atoms with Crippen molar-refractivity contribution in [2.24, 2.45) is 0 Å². The summed E-state index contributed by atoms with van der Waals surface area (Å²) < 4.78 is 22.6. The van der Waals surface area contributed by atoms with Gasteiger partial charge in [0, 0.05) is 12.5 Å². The van der Waals surface area contributed by atoms with Gasteiger partial charge < -0.3 is 39.4 Å². The summed E-state index contributed by atoms with van der Waals surface area (Å²) in [6, 6.07) is 10.8. The maximum Gasteiger partial charge on any atom is 0.229 e. The summed E-state index contributed by atoms with van der Waals surface area (Å²) in [7, 11) is 0. The van der Waals surface area contributed by atoms with Crippen LogP contribution in [0.1, 0.15) is 36.2 Å². The van der Waals surface area contributed by atoms with Crippen molar-refractivity contribution in [3.8, 4) is 17.2 Å². The summed E-state index contributed by atoms with van der Waals surface area (Å²) in [5.41, 5.74) is 1.03. The van der Waals surface area contributed by atoms with Gasteiger partial charge in [0.1, 0.15) is 41.7 Å². The highest BCUT2D eigenvalue weighted by atomic mass is 16.8. The van der Waals surface area contributed by atoms with Gasteiger partial charge in [-0.3, -0.25) is 4.79 Å². The fourth-order valence-electron chi connectivity index (χ4n) is 3.94. The van der Waals surface area contributed by atoms with Crippen molar-refractivity contribution in [1.29, 1.82) is 0 Å². The summed E-state index contributed by atoms with van der Waals surface area (Å²) in [6.45, 7) is 3.57. The molecule has 0 amide bonds. The number of phenolic OH excluding ortho intramolecular Hbond substituents is 2. The molecular weight excluding hydrogens is 432 g/mol. The highest BCUT2D eigenvalue weighted by Gasteiger charge is 2.51. The predicted molar refractivity (Wildman–Crippen MR) is 115 cm³/mol. The van der Waals surface area contributed by atoms with Crippen LogP contribution in [0.15, 0.2) is 42.5 Å². The first-order valence-corrected chi connectivity index (χ1v) is 10.8. The van der Waals surface area contributed by atoms with Crippen molar-refractivity contribution >= 4 is 5.78 Å². The highest BCUT2D eigenvalue weighted by molar-refractivity contribution is 5.98. The third-order valence-corrected chi connectivity index (χ3v) is 5.75. The average Bonchev–Trinajstić information content (AvgIpc) is 2.77. The van der Waals surface area contributed by atoms with Crippen LogP contribution >= 0.6 is 0 Å². The lowest BCUT2D eigenvalue weighted by Gasteiger charge is -2.48. The van der Waals surface area contributed by atoms with Gasteiger partial charge in [-0.25, -0.2) is 0 Å². The molecule has 4 N–H and O–H groups in total. The zero-order valence-electron chi connectivity index (χ0n) is 18.4. The molecule has 0 aromatic heterocycles. The number of hydrogen-bond donors (Lipinski definition) is 4. The number of aromatic hydroxyl groups is 2. The van der Waals surface area contributed by atoms with Crippen LogP contribution in [0.25, 0.3) is 0 Å². The molecule has 0 bridgehead atoms. The van der Waals surface area contributed by atoms with Crippen LogP contribution in [-0.4, -0.2) is 69.3 Å². The lowest BCUT2D eigenvalue weighted by atomic mass is 9.97. The third kappa shape index (κ3) is 5.29. The van der Waals surface area contributed by atoms with E-state index in [2.05, 4.69) is 0 Å². The molecule has 2 aliphatic heterocycles. The average molecular weight is 460 g/mol. The number of aliphatic hydroxyl groups excluding tert-OH is 2. The van der Waals surface area contributed by atoms with E-state index in [4.69, 9.17) is 18.9 Å². The van der Waals surface area contributed by atoms with Crippen molar-refractivity contribution in [2.45, 2.75) is 63.2 Å². The Morgan fingerprint density at radius 3 is 2.52 bits per heavy atom. The Kier molecular flexibility index (Phi) is 6.60. The molecular formula is C24H28O9. The minimum Gasteiger partial charge on any atom is -0.508 e. The summed E-state index contributed by atoms with van der Waals surface area (Å²) >= 11 is 0. The van der Waals surface area contributed by atoms with E-state index < -0.39 is 36.5 Å². The molecule has 0 unspecified atom stereocenters. The van der Waals surface area contributed by atoms with E-state index in [0.29, 0.717) is 6.42 Å². The van der Waals surface area contributed by atoms with E-state index >= 15 is 0 Å². The van der Waals surface area contributed by atoms with Gasteiger partial charge in [0.2, 0.25) is 6.29 Å². The minimum absolute atomic E-state index is 0.141. The Bertz CT molecular complexity index is 986. The van der Waals surface area contributed by atoms with Crippen LogP contribution in [0, 0.1) is 0 Å². The van der Waals surface area contributed by atoms with E-state index in [1.54, 1.807) is 38.1 Å². The van der Waals surface area contributed by atoms with Crippen LogP contribution < -0.4 is 4.74 Å². The van der Waals surface area contributed by atoms with Gasteiger partial charge in [-0.1, -0.05) is 12.1 Å². The van der Waals surface area contributed by atoms with E-state index in [1.165, 1.54) is 18.2 Å². The van der Waals surface area contributed by atoms with Gasteiger partial charge in [0.05, 0.1) is 12.2 Å². The number of aryl methyl sites for hydroxylation is 1. The molecule has 9 heteroatoms. The molecule has 0 spiro atoms. The van der Waals surface area contributed by atoms with Crippen LogP contribution in [0.2, 0.25) is 0 Å². The molecule has 178 valence electrons. The number of Topliss-reactive ketones (excluding diaryl/α,β-unsaturated/α-hetero) is 1. The van der Waals surface area contributed by atoms with Crippen LogP contribution in [0.3, 0.4) is 0 Å². The molecule has 0 aliphatic carbocycles. The fourth-order valence-corrected chi connectivity index (χ4v) is 3.94. The molecule has 2 saturated heterocycles. The van der Waals surface area contributed by atoms with Gasteiger partial charge in [0.25, 0.3) is 0 Å². The Morgan fingerprint density at radius 1 is 1.09 bits per heavy atom. The number of hydrogen-bond acceptors (Lipinski definition) is 9. The van der Waals surface area contributed by atoms with Crippen LogP contribution in [-0.2, 0) is 20.6 Å². The molecule has 5 atom stereocenters. The second-order valence-electron chi connectivity index (χ2n) is 8.70. The first kappa shape index (κ1) is 23.5. The maximum atomic E-state index is 12.5. The van der Waals surface area contributed by atoms with Crippen LogP contribution in [0.5, 0.6) is 17.2 Å². The molecule has 2 aliphatic rings. The Hall–Kier alpha value is -2.69. The molecule has 2 heterocycles. The van der Waals surface area contributed by atoms with Gasteiger partial charge in [-0.05, 0) is 50.1 Å². The normalized spacial score (nSPS) is 28.7. The number of benzene rings is 2. The molecule has 2 aromatic rings. The SMILES string of the molecule is CC1(C)OC[C@H]2O[C@@H](Oc3ccc(C(=O)CCc4ccc(O)cc4)c(O)c3)[C@H](O)[C@@H](O)[C@@H]2O1. The van der Waals surface area contributed by atoms with E-state index in [-0.39, 0.29) is 41.6 Å². The molecule has 9 nitrogen and oxygen atoms in total. The first-order valence-electron chi connectivity index (χ1n) is 10.8. The summed E-state index contributed by atoms with van der Waals surface area (Å²) in [5, 5.41) is 40.7. The second kappa shape index (κ2) is 9.28. The zero-order chi connectivity index (χ0) is 23.8. The van der Waals surface area contributed by atoms with E-state index in [0.717, 1.165) is 5.56 Å². The zero-order valence-corrected chi connectivity index (χ0v) is 18.4. The number of carbonyl (C=O) groups is 1. The van der Waals surface area contributed by atoms with Gasteiger partial charge in [-0.15, -0.1) is 0 Å². The van der Waals surface area contributed by atoms with Crippen molar-refractivity contribution in [1.82, 2.24) is 0 Å². The minimum atomic E-state index is -1.39. The Morgan fingerprint density at radius 2 is 1.82 bits per heavy atom. The summed E-state index contributed by atoms with van der Waals surface area (Å²) in [6.07, 6.45) is -4.65. The topological polar surface area (TPSA) is 135 Å². The molecule has 33 heavy (non-hydrogen) atoms. The monoisotopic (exact) mass is 460 g/mol. The fraction of sp³-hybridized carbons (Fsp3) is 0.458. The van der Waals surface area contributed by atoms with Crippen molar-refractivity contribution in [2.75, 3.05) is 6.61 Å². The van der Waals surface area contributed by atoms with Gasteiger partial charge >= 0.3 is 0 Å². The number of fused-ring (bicyclic) bond motifs is 1. The number of phenols is 2. The molecule has 4 rings (SSSR count). The van der Waals surface area contributed by atoms with Gasteiger partial charge in [0.15, 0.2) is 11.6 Å².